The van der Waals surface area contributed by atoms with E-state index in [0.29, 0.717) is 17.5 Å². The maximum Gasteiger partial charge on any atom is 0.338 e. The van der Waals surface area contributed by atoms with Crippen LogP contribution in [0, 0.1) is 0 Å². The van der Waals surface area contributed by atoms with Gasteiger partial charge in [-0.2, -0.15) is 0 Å². The average molecular weight is 490 g/mol. The standard InChI is InChI=1S/C27H27N3O6/c1-16(19-13-7-10-17-8-3-5-11-20(17)19)28-25(32)21-12-6-4-9-18(21)14-15-22(31)29-30-26(33)23-24(36-23)27(34)35-2/h3-13,16,23-24H,14-15H2,1-2H3,(H,28,32)(H,29,31)(H,30,33)/t16-,23-,24-/m1/s1. The largest absolute Gasteiger partial charge is 0.467 e. The molecule has 4 rings (SSSR count). The molecule has 0 unspecified atom stereocenters. The van der Waals surface area contributed by atoms with Crippen molar-refractivity contribution in [2.45, 2.75) is 38.0 Å². The Morgan fingerprint density at radius 1 is 0.917 bits per heavy atom. The summed E-state index contributed by atoms with van der Waals surface area (Å²) in [6, 6.07) is 20.9. The van der Waals surface area contributed by atoms with E-state index in [1.54, 1.807) is 24.3 Å². The number of ether oxygens (including phenoxy) is 2. The molecule has 0 aliphatic carbocycles. The number of nitrogens with one attached hydrogen (secondary N) is 3. The molecule has 1 saturated heterocycles. The minimum absolute atomic E-state index is 0.0371. The van der Waals surface area contributed by atoms with Crippen LogP contribution in [0.3, 0.4) is 0 Å². The van der Waals surface area contributed by atoms with Crippen LogP contribution in [0.15, 0.2) is 66.7 Å². The van der Waals surface area contributed by atoms with Crippen LogP contribution in [-0.4, -0.2) is 43.0 Å². The molecular formula is C27H27N3O6. The number of hydrazine groups is 1. The number of amides is 3. The van der Waals surface area contributed by atoms with Crippen molar-refractivity contribution in [3.05, 3.63) is 83.4 Å². The van der Waals surface area contributed by atoms with Crippen molar-refractivity contribution in [3.8, 4) is 0 Å². The first-order valence-corrected chi connectivity index (χ1v) is 11.6. The van der Waals surface area contributed by atoms with Crippen molar-refractivity contribution < 1.29 is 28.7 Å². The summed E-state index contributed by atoms with van der Waals surface area (Å²) in [5.74, 6) is -1.97. The predicted octanol–water partition coefficient (Wildman–Crippen LogP) is 2.35. The number of rotatable bonds is 8. The molecule has 3 aromatic carbocycles. The minimum Gasteiger partial charge on any atom is -0.467 e. The van der Waals surface area contributed by atoms with Gasteiger partial charge >= 0.3 is 5.97 Å². The van der Waals surface area contributed by atoms with Crippen LogP contribution < -0.4 is 16.2 Å². The summed E-state index contributed by atoms with van der Waals surface area (Å²) in [5.41, 5.74) is 6.74. The fourth-order valence-corrected chi connectivity index (χ4v) is 4.06. The Morgan fingerprint density at radius 2 is 1.64 bits per heavy atom. The average Bonchev–Trinajstić information content (AvgIpc) is 3.71. The molecular weight excluding hydrogens is 462 g/mol. The molecule has 0 saturated carbocycles. The smallest absolute Gasteiger partial charge is 0.338 e. The summed E-state index contributed by atoms with van der Waals surface area (Å²) in [7, 11) is 1.20. The first-order chi connectivity index (χ1) is 17.4. The third kappa shape index (κ3) is 5.69. The molecule has 3 N–H and O–H groups in total. The van der Waals surface area contributed by atoms with E-state index in [2.05, 4.69) is 20.9 Å². The molecule has 0 aromatic heterocycles. The fourth-order valence-electron chi connectivity index (χ4n) is 4.06. The first-order valence-electron chi connectivity index (χ1n) is 11.6. The molecule has 3 aromatic rings. The van der Waals surface area contributed by atoms with Crippen LogP contribution in [0.1, 0.15) is 40.9 Å². The highest BCUT2D eigenvalue weighted by Crippen LogP contribution is 2.25. The van der Waals surface area contributed by atoms with Gasteiger partial charge in [0.2, 0.25) is 5.91 Å². The second-order valence-corrected chi connectivity index (χ2v) is 8.46. The third-order valence-electron chi connectivity index (χ3n) is 6.03. The lowest BCUT2D eigenvalue weighted by Gasteiger charge is -2.18. The second kappa shape index (κ2) is 11.0. The van der Waals surface area contributed by atoms with Gasteiger partial charge in [-0.15, -0.1) is 0 Å². The molecule has 1 aliphatic rings. The topological polar surface area (TPSA) is 126 Å². The summed E-state index contributed by atoms with van der Waals surface area (Å²) >= 11 is 0. The lowest BCUT2D eigenvalue weighted by atomic mass is 9.98. The van der Waals surface area contributed by atoms with Gasteiger partial charge in [-0.25, -0.2) is 4.79 Å². The van der Waals surface area contributed by atoms with E-state index in [1.165, 1.54) is 7.11 Å². The molecule has 3 amide bonds. The Kier molecular flexibility index (Phi) is 7.60. The van der Waals surface area contributed by atoms with Crippen LogP contribution in [0.2, 0.25) is 0 Å². The van der Waals surface area contributed by atoms with E-state index in [-0.39, 0.29) is 18.4 Å². The van der Waals surface area contributed by atoms with Gasteiger partial charge in [-0.3, -0.25) is 25.2 Å². The summed E-state index contributed by atoms with van der Waals surface area (Å²) in [4.78, 5) is 48.6. The number of methoxy groups -OCH3 is 1. The van der Waals surface area contributed by atoms with Gasteiger partial charge in [0.05, 0.1) is 13.2 Å². The molecule has 1 heterocycles. The quantitative estimate of drug-likeness (QED) is 0.253. The Bertz CT molecular complexity index is 1300. The van der Waals surface area contributed by atoms with E-state index in [0.717, 1.165) is 16.3 Å². The summed E-state index contributed by atoms with van der Waals surface area (Å²) in [5, 5.41) is 5.24. The number of carbonyl (C=O) groups is 4. The molecule has 1 fully saturated rings. The number of aryl methyl sites for hydroxylation is 1. The van der Waals surface area contributed by atoms with Crippen LogP contribution >= 0.6 is 0 Å². The highest BCUT2D eigenvalue weighted by atomic mass is 16.6. The number of epoxide rings is 1. The molecule has 186 valence electrons. The molecule has 9 heteroatoms. The highest BCUT2D eigenvalue weighted by Gasteiger charge is 2.51. The summed E-state index contributed by atoms with van der Waals surface area (Å²) < 4.78 is 9.44. The lowest BCUT2D eigenvalue weighted by Crippen LogP contribution is -2.44. The number of carbonyl (C=O) groups excluding carboxylic acids is 4. The number of esters is 1. The van der Waals surface area contributed by atoms with Gasteiger partial charge in [0.1, 0.15) is 0 Å². The maximum absolute atomic E-state index is 13.1. The number of hydrogen-bond acceptors (Lipinski definition) is 6. The number of benzene rings is 3. The third-order valence-corrected chi connectivity index (χ3v) is 6.03. The number of hydrogen-bond donors (Lipinski definition) is 3. The zero-order chi connectivity index (χ0) is 25.7. The molecule has 1 aliphatic heterocycles. The molecule has 36 heavy (non-hydrogen) atoms. The Labute approximate surface area is 208 Å². The Balaban J connectivity index is 1.32. The minimum atomic E-state index is -0.981. The van der Waals surface area contributed by atoms with E-state index in [9.17, 15) is 19.2 Å². The van der Waals surface area contributed by atoms with E-state index >= 15 is 0 Å². The molecule has 0 bridgehead atoms. The van der Waals surface area contributed by atoms with Crippen LogP contribution in [0.4, 0.5) is 0 Å². The van der Waals surface area contributed by atoms with Gasteiger partial charge in [0.25, 0.3) is 11.8 Å². The SMILES string of the molecule is COC(=O)[C@@H]1O[C@H]1C(=O)NNC(=O)CCc1ccccc1C(=O)N[C@H](C)c1cccc2ccccc12. The molecule has 0 spiro atoms. The van der Waals surface area contributed by atoms with E-state index in [1.807, 2.05) is 49.4 Å². The van der Waals surface area contributed by atoms with Crippen molar-refractivity contribution in [3.63, 3.8) is 0 Å². The van der Waals surface area contributed by atoms with Crippen molar-refractivity contribution in [1.29, 1.82) is 0 Å². The van der Waals surface area contributed by atoms with Gasteiger partial charge in [-0.05, 0) is 41.3 Å². The second-order valence-electron chi connectivity index (χ2n) is 8.46. The molecule has 3 atom stereocenters. The van der Waals surface area contributed by atoms with Gasteiger partial charge < -0.3 is 14.8 Å². The van der Waals surface area contributed by atoms with Crippen LogP contribution in [0.5, 0.6) is 0 Å². The Hall–Kier alpha value is -4.24. The zero-order valence-electron chi connectivity index (χ0n) is 19.9. The number of fused-ring (bicyclic) bond motifs is 1. The Morgan fingerprint density at radius 3 is 2.44 bits per heavy atom. The normalized spacial score (nSPS) is 17.1. The van der Waals surface area contributed by atoms with E-state index < -0.39 is 30.0 Å². The molecule has 0 radical (unpaired) electrons. The van der Waals surface area contributed by atoms with Gasteiger partial charge in [0.15, 0.2) is 12.2 Å². The van der Waals surface area contributed by atoms with E-state index in [4.69, 9.17) is 4.74 Å². The van der Waals surface area contributed by atoms with Crippen molar-refractivity contribution >= 4 is 34.5 Å². The zero-order valence-corrected chi connectivity index (χ0v) is 19.9. The first kappa shape index (κ1) is 24.9. The van der Waals surface area contributed by atoms with Crippen molar-refractivity contribution in [2.75, 3.05) is 7.11 Å². The summed E-state index contributed by atoms with van der Waals surface area (Å²) in [6.45, 7) is 1.94. The van der Waals surface area contributed by atoms with Gasteiger partial charge in [0, 0.05) is 12.0 Å². The monoisotopic (exact) mass is 489 g/mol. The molecule has 9 nitrogen and oxygen atoms in total. The maximum atomic E-state index is 13.1. The lowest BCUT2D eigenvalue weighted by molar-refractivity contribution is -0.142. The fraction of sp³-hybridized carbons (Fsp3) is 0.259. The highest BCUT2D eigenvalue weighted by molar-refractivity contribution is 5.97. The van der Waals surface area contributed by atoms with Gasteiger partial charge in [-0.1, -0.05) is 60.7 Å². The van der Waals surface area contributed by atoms with Crippen LogP contribution in [0.25, 0.3) is 10.8 Å². The van der Waals surface area contributed by atoms with Crippen molar-refractivity contribution in [2.24, 2.45) is 0 Å². The van der Waals surface area contributed by atoms with Crippen molar-refractivity contribution in [1.82, 2.24) is 16.2 Å². The predicted molar refractivity (Wildman–Crippen MR) is 132 cm³/mol. The van der Waals surface area contributed by atoms with Crippen LogP contribution in [-0.2, 0) is 30.3 Å². The summed E-state index contributed by atoms with van der Waals surface area (Å²) in [6.07, 6.45) is -1.60.